The van der Waals surface area contributed by atoms with Crippen LogP contribution in [0.3, 0.4) is 0 Å². The number of methoxy groups -OCH3 is 1. The van der Waals surface area contributed by atoms with Crippen LogP contribution in [0.15, 0.2) is 18.2 Å². The molecule has 0 amide bonds. The molecule has 0 saturated heterocycles. The fourth-order valence-corrected chi connectivity index (χ4v) is 1.39. The van der Waals surface area contributed by atoms with Gasteiger partial charge in [0.25, 0.3) is 0 Å². The zero-order chi connectivity index (χ0) is 11.8. The Morgan fingerprint density at radius 2 is 2.00 bits per heavy atom. The Labute approximate surface area is 95.4 Å². The normalized spacial score (nSPS) is 10.7. The highest BCUT2D eigenvalue weighted by Gasteiger charge is 2.06. The predicted octanol–water partition coefficient (Wildman–Crippen LogP) is 1.84. The van der Waals surface area contributed by atoms with Gasteiger partial charge in [0.1, 0.15) is 5.82 Å². The van der Waals surface area contributed by atoms with Crippen LogP contribution in [0.5, 0.6) is 0 Å². The molecule has 0 aliphatic carbocycles. The van der Waals surface area contributed by atoms with Crippen molar-refractivity contribution in [1.82, 2.24) is 0 Å². The Morgan fingerprint density at radius 3 is 2.69 bits per heavy atom. The molecule has 3 nitrogen and oxygen atoms in total. The van der Waals surface area contributed by atoms with E-state index in [1.54, 1.807) is 25.3 Å². The molecule has 0 spiro atoms. The van der Waals surface area contributed by atoms with Crippen molar-refractivity contribution in [2.45, 2.75) is 19.6 Å². The zero-order valence-corrected chi connectivity index (χ0v) is 9.54. The lowest BCUT2D eigenvalue weighted by Crippen LogP contribution is -2.05. The number of ether oxygens (including phenoxy) is 2. The molecule has 1 rings (SSSR count). The number of rotatable bonds is 7. The third kappa shape index (κ3) is 3.89. The first-order valence-electron chi connectivity index (χ1n) is 5.32. The van der Waals surface area contributed by atoms with Gasteiger partial charge in [-0.1, -0.05) is 18.2 Å². The lowest BCUT2D eigenvalue weighted by atomic mass is 10.1. The highest BCUT2D eigenvalue weighted by molar-refractivity contribution is 5.25. The third-order valence-electron chi connectivity index (χ3n) is 2.27. The summed E-state index contributed by atoms with van der Waals surface area (Å²) in [5.74, 6) is -0.253. The van der Waals surface area contributed by atoms with E-state index in [9.17, 15) is 4.39 Å². The van der Waals surface area contributed by atoms with Crippen molar-refractivity contribution in [3.63, 3.8) is 0 Å². The van der Waals surface area contributed by atoms with Crippen molar-refractivity contribution in [3.05, 3.63) is 35.1 Å². The topological polar surface area (TPSA) is 44.5 Å². The van der Waals surface area contributed by atoms with E-state index in [2.05, 4.69) is 0 Å². The fourth-order valence-electron chi connectivity index (χ4n) is 1.39. The summed E-state index contributed by atoms with van der Waals surface area (Å²) in [5, 5.41) is 0. The summed E-state index contributed by atoms with van der Waals surface area (Å²) in [6, 6.07) is 5.19. The summed E-state index contributed by atoms with van der Waals surface area (Å²) in [6.07, 6.45) is 0.814. The maximum atomic E-state index is 13.7. The Hall–Kier alpha value is -0.970. The van der Waals surface area contributed by atoms with Crippen molar-refractivity contribution >= 4 is 0 Å². The van der Waals surface area contributed by atoms with Crippen molar-refractivity contribution in [1.29, 1.82) is 0 Å². The molecule has 0 aromatic heterocycles. The van der Waals surface area contributed by atoms with E-state index < -0.39 is 0 Å². The maximum absolute atomic E-state index is 13.7. The van der Waals surface area contributed by atoms with Crippen LogP contribution >= 0.6 is 0 Å². The SMILES string of the molecule is COCCCOCc1cccc(CN)c1F. The summed E-state index contributed by atoms with van der Waals surface area (Å²) in [4.78, 5) is 0. The standard InChI is InChI=1S/C12H18FNO2/c1-15-6-3-7-16-9-11-5-2-4-10(8-14)12(11)13/h2,4-5H,3,6-9,14H2,1H3. The summed E-state index contributed by atoms with van der Waals surface area (Å²) in [5.41, 5.74) is 6.50. The summed E-state index contributed by atoms with van der Waals surface area (Å²) < 4.78 is 23.9. The number of halogens is 1. The van der Waals surface area contributed by atoms with Crippen LogP contribution in [0.4, 0.5) is 4.39 Å². The second kappa shape index (κ2) is 7.33. The van der Waals surface area contributed by atoms with Gasteiger partial charge >= 0.3 is 0 Å². The van der Waals surface area contributed by atoms with E-state index in [4.69, 9.17) is 15.2 Å². The van der Waals surface area contributed by atoms with E-state index in [1.807, 2.05) is 0 Å². The molecular weight excluding hydrogens is 209 g/mol. The van der Waals surface area contributed by atoms with E-state index >= 15 is 0 Å². The van der Waals surface area contributed by atoms with E-state index in [0.29, 0.717) is 24.3 Å². The van der Waals surface area contributed by atoms with Gasteiger partial charge in [-0.2, -0.15) is 0 Å². The average molecular weight is 227 g/mol. The van der Waals surface area contributed by atoms with E-state index in [-0.39, 0.29) is 19.0 Å². The van der Waals surface area contributed by atoms with Gasteiger partial charge in [0.2, 0.25) is 0 Å². The first-order chi connectivity index (χ1) is 7.79. The number of hydrogen-bond acceptors (Lipinski definition) is 3. The first kappa shape index (κ1) is 13.1. The molecule has 90 valence electrons. The van der Waals surface area contributed by atoms with Crippen LogP contribution in [0.25, 0.3) is 0 Å². The molecule has 0 saturated carbocycles. The smallest absolute Gasteiger partial charge is 0.133 e. The maximum Gasteiger partial charge on any atom is 0.133 e. The lowest BCUT2D eigenvalue weighted by molar-refractivity contribution is 0.0912. The van der Waals surface area contributed by atoms with Crippen molar-refractivity contribution in [3.8, 4) is 0 Å². The average Bonchev–Trinajstić information content (AvgIpc) is 2.31. The zero-order valence-electron chi connectivity index (χ0n) is 9.54. The van der Waals surface area contributed by atoms with E-state index in [0.717, 1.165) is 6.42 Å². The van der Waals surface area contributed by atoms with Crippen molar-refractivity contribution < 1.29 is 13.9 Å². The molecule has 0 aliphatic heterocycles. The molecule has 16 heavy (non-hydrogen) atoms. The molecule has 0 atom stereocenters. The van der Waals surface area contributed by atoms with Gasteiger partial charge in [-0.15, -0.1) is 0 Å². The van der Waals surface area contributed by atoms with Gasteiger partial charge in [0, 0.05) is 38.0 Å². The summed E-state index contributed by atoms with van der Waals surface area (Å²) >= 11 is 0. The number of benzene rings is 1. The molecule has 0 aliphatic rings. The second-order valence-electron chi connectivity index (χ2n) is 3.49. The molecule has 0 heterocycles. The van der Waals surface area contributed by atoms with Crippen LogP contribution in [0, 0.1) is 5.82 Å². The van der Waals surface area contributed by atoms with Crippen LogP contribution in [0.2, 0.25) is 0 Å². The minimum atomic E-state index is -0.253. The minimum absolute atomic E-state index is 0.212. The minimum Gasteiger partial charge on any atom is -0.385 e. The first-order valence-corrected chi connectivity index (χ1v) is 5.32. The Bertz CT molecular complexity index is 318. The summed E-state index contributed by atoms with van der Waals surface area (Å²) in [6.45, 7) is 1.72. The summed E-state index contributed by atoms with van der Waals surface area (Å²) in [7, 11) is 1.64. The molecule has 2 N–H and O–H groups in total. The lowest BCUT2D eigenvalue weighted by Gasteiger charge is -2.07. The fraction of sp³-hybridized carbons (Fsp3) is 0.500. The number of nitrogens with two attached hydrogens (primary N) is 1. The molecule has 1 aromatic carbocycles. The Balaban J connectivity index is 2.41. The van der Waals surface area contributed by atoms with Crippen molar-refractivity contribution in [2.24, 2.45) is 5.73 Å². The van der Waals surface area contributed by atoms with Crippen molar-refractivity contribution in [2.75, 3.05) is 20.3 Å². The Kier molecular flexibility index (Phi) is 6.00. The monoisotopic (exact) mass is 227 g/mol. The van der Waals surface area contributed by atoms with Crippen LogP contribution < -0.4 is 5.73 Å². The quantitative estimate of drug-likeness (QED) is 0.723. The third-order valence-corrected chi connectivity index (χ3v) is 2.27. The highest BCUT2D eigenvalue weighted by atomic mass is 19.1. The van der Waals surface area contributed by atoms with Crippen LogP contribution in [-0.4, -0.2) is 20.3 Å². The molecule has 0 unspecified atom stereocenters. The van der Waals surface area contributed by atoms with Crippen LogP contribution in [0.1, 0.15) is 17.5 Å². The van der Waals surface area contributed by atoms with E-state index in [1.165, 1.54) is 0 Å². The van der Waals surface area contributed by atoms with Gasteiger partial charge in [-0.3, -0.25) is 0 Å². The largest absolute Gasteiger partial charge is 0.385 e. The van der Waals surface area contributed by atoms with Crippen LogP contribution in [-0.2, 0) is 22.6 Å². The molecule has 1 aromatic rings. The van der Waals surface area contributed by atoms with Gasteiger partial charge in [0.15, 0.2) is 0 Å². The highest BCUT2D eigenvalue weighted by Crippen LogP contribution is 2.13. The molecule has 0 bridgehead atoms. The molecule has 4 heteroatoms. The number of hydrogen-bond donors (Lipinski definition) is 1. The molecule has 0 radical (unpaired) electrons. The molecule has 0 fully saturated rings. The predicted molar refractivity (Wildman–Crippen MR) is 60.4 cm³/mol. The van der Waals surface area contributed by atoms with Gasteiger partial charge < -0.3 is 15.2 Å². The molecular formula is C12H18FNO2. The van der Waals surface area contributed by atoms with Gasteiger partial charge in [-0.25, -0.2) is 4.39 Å². The van der Waals surface area contributed by atoms with Gasteiger partial charge in [0.05, 0.1) is 6.61 Å². The second-order valence-corrected chi connectivity index (χ2v) is 3.49. The van der Waals surface area contributed by atoms with Gasteiger partial charge in [-0.05, 0) is 6.42 Å². The Morgan fingerprint density at radius 1 is 1.25 bits per heavy atom.